The summed E-state index contributed by atoms with van der Waals surface area (Å²) < 4.78 is 15.4. The number of hydrogen-bond acceptors (Lipinski definition) is 8. The molecule has 0 bridgehead atoms. The summed E-state index contributed by atoms with van der Waals surface area (Å²) in [6.07, 6.45) is 6.91. The molecular weight excluding hydrogens is 983 g/mol. The van der Waals surface area contributed by atoms with Crippen molar-refractivity contribution in [2.75, 3.05) is 19.6 Å². The van der Waals surface area contributed by atoms with Crippen LogP contribution in [0.15, 0.2) is 60.7 Å². The van der Waals surface area contributed by atoms with Gasteiger partial charge in [0, 0.05) is 138 Å². The van der Waals surface area contributed by atoms with E-state index in [9.17, 15) is 19.2 Å². The molecule has 0 atom stereocenters. The number of hydrogen-bond donors (Lipinski definition) is 3. The van der Waals surface area contributed by atoms with Crippen molar-refractivity contribution in [3.8, 4) is 214 Å². The van der Waals surface area contributed by atoms with Crippen molar-refractivity contribution < 1.29 is 33.4 Å². The molecule has 3 N–H and O–H groups in total. The van der Waals surface area contributed by atoms with E-state index in [1.165, 1.54) is 0 Å². The van der Waals surface area contributed by atoms with Crippen LogP contribution in [0.1, 0.15) is 78.4 Å². The van der Waals surface area contributed by atoms with Gasteiger partial charge < -0.3 is 35.0 Å². The van der Waals surface area contributed by atoms with E-state index in [0.717, 1.165) is 30.4 Å². The molecule has 0 aliphatic carbocycles. The quantitative estimate of drug-likeness (QED) is 0.0653. The Morgan fingerprint density at radius 1 is 0.481 bits per heavy atom. The van der Waals surface area contributed by atoms with Crippen LogP contribution in [-0.4, -0.2) is 55.2 Å². The smallest absolute Gasteiger partial charge is 0.407 e. The van der Waals surface area contributed by atoms with Gasteiger partial charge in [-0.3, -0.25) is 4.79 Å². The highest BCUT2D eigenvalue weighted by Gasteiger charge is 2.21. The molecule has 0 radical (unpaired) electrons. The fourth-order valence-electron chi connectivity index (χ4n) is 4.45. The molecule has 2 rings (SSSR count). The van der Waals surface area contributed by atoms with Crippen LogP contribution < -0.4 is 16.0 Å². The second-order valence-corrected chi connectivity index (χ2v) is 15.7. The minimum absolute atomic E-state index is 0.176. The van der Waals surface area contributed by atoms with Crippen LogP contribution in [0.3, 0.4) is 0 Å². The number of benzene rings is 2. The lowest BCUT2D eigenvalue weighted by molar-refractivity contribution is -0.155. The summed E-state index contributed by atoms with van der Waals surface area (Å²) in [4.78, 5) is 44.5. The lowest BCUT2D eigenvalue weighted by atomic mass is 9.98. The van der Waals surface area contributed by atoms with E-state index in [1.807, 2.05) is 81.4 Å². The minimum atomic E-state index is -0.499. The molecule has 2 aromatic carbocycles. The van der Waals surface area contributed by atoms with E-state index in [0.29, 0.717) is 32.4 Å². The van der Waals surface area contributed by atoms with E-state index in [-0.39, 0.29) is 24.7 Å². The van der Waals surface area contributed by atoms with E-state index >= 15 is 0 Å². The summed E-state index contributed by atoms with van der Waals surface area (Å²) in [6, 6.07) is 19.0. The first-order valence-corrected chi connectivity index (χ1v) is 23.5. The highest BCUT2D eigenvalue weighted by atomic mass is 16.6. The van der Waals surface area contributed by atoms with Crippen molar-refractivity contribution in [2.45, 2.75) is 91.6 Å². The summed E-state index contributed by atoms with van der Waals surface area (Å²) in [5, 5.41) is 8.61. The van der Waals surface area contributed by atoms with Gasteiger partial charge >= 0.3 is 18.2 Å². The van der Waals surface area contributed by atoms with Crippen LogP contribution in [0, 0.1) is 214 Å². The van der Waals surface area contributed by atoms with Crippen LogP contribution in [0.25, 0.3) is 0 Å². The van der Waals surface area contributed by atoms with Crippen molar-refractivity contribution in [2.24, 2.45) is 0 Å². The van der Waals surface area contributed by atoms with Crippen molar-refractivity contribution >= 4 is 24.4 Å². The number of carbonyl (C=O) groups is 4. The highest BCUT2D eigenvalue weighted by molar-refractivity contribution is 5.70. The first-order chi connectivity index (χ1) is 38.3. The molecule has 2 amide bonds. The predicted molar refractivity (Wildman–Crippen MR) is 308 cm³/mol. The normalized spacial score (nSPS) is 7.61. The number of aldehydes is 1. The summed E-state index contributed by atoms with van der Waals surface area (Å²) in [5.74, 6) is 86.7. The Morgan fingerprint density at radius 2 is 0.810 bits per heavy atom. The molecule has 0 saturated carbocycles. The molecule has 0 aliphatic rings. The zero-order valence-electron chi connectivity index (χ0n) is 44.6. The second kappa shape index (κ2) is 48.4. The average Bonchev–Trinajstić information content (AvgIpc) is 3.43. The van der Waals surface area contributed by atoms with E-state index in [2.05, 4.69) is 237 Å². The number of carbonyl (C=O) groups excluding carboxylic acids is 4. The fraction of sp³-hybridized carbons (Fsp3) is 0.246. The van der Waals surface area contributed by atoms with Gasteiger partial charge in [-0.2, -0.15) is 0 Å². The molecule has 0 heterocycles. The molecule has 0 saturated heterocycles. The standard InChI is InChI=1S/C37H4.C21H34N2O4.C11H13NO3/c1-3-5-7-9-11-13-15-17-19-21-23-25-27-29-31-33-35-37-36-34-32-30-28-26-24-22-20-18-16-14-12-10-8-6-4-2;1-20(2,3)27-18(24)12-13-21(4,5)23-15-9-14-22-19(25)26-16-17-10-7-6-8-11-17;13-8-4-7-12-11(14)15-9-10-5-2-1-3-6-10/h1H,2H3;6-8,10-11,23H,9,12-16H2,1-5H3,(H,22,25);1-3,5-6,8H,4,7,9H2,(H,12,14). The molecule has 384 valence electrons. The van der Waals surface area contributed by atoms with Gasteiger partial charge in [-0.25, -0.2) is 9.59 Å². The first-order valence-electron chi connectivity index (χ1n) is 23.5. The molecule has 0 spiro atoms. The predicted octanol–water partition coefficient (Wildman–Crippen LogP) is 5.99. The second-order valence-electron chi connectivity index (χ2n) is 15.7. The van der Waals surface area contributed by atoms with E-state index < -0.39 is 17.8 Å². The number of alkyl carbamates (subject to hydrolysis) is 2. The minimum Gasteiger partial charge on any atom is -0.460 e. The number of rotatable bonds is 15. The van der Waals surface area contributed by atoms with Gasteiger partial charge in [0.1, 0.15) is 25.1 Å². The number of ether oxygens (including phenoxy) is 3. The van der Waals surface area contributed by atoms with Gasteiger partial charge in [0.25, 0.3) is 0 Å². The molecule has 10 nitrogen and oxygen atoms in total. The first kappa shape index (κ1) is 67.2. The summed E-state index contributed by atoms with van der Waals surface area (Å²) >= 11 is 0. The Kier molecular flexibility index (Phi) is 41.2. The van der Waals surface area contributed by atoms with Crippen molar-refractivity contribution in [3.05, 3.63) is 71.8 Å². The molecule has 0 fully saturated rings. The molecular formula is C69H51N3O7. The molecule has 0 aromatic heterocycles. The van der Waals surface area contributed by atoms with Gasteiger partial charge in [-0.15, -0.1) is 6.42 Å². The van der Waals surface area contributed by atoms with Gasteiger partial charge in [0.2, 0.25) is 0 Å². The molecule has 10 heteroatoms. The van der Waals surface area contributed by atoms with Gasteiger partial charge in [0.15, 0.2) is 0 Å². The van der Waals surface area contributed by atoms with Crippen molar-refractivity contribution in [3.63, 3.8) is 0 Å². The Morgan fingerprint density at radius 3 is 1.13 bits per heavy atom. The monoisotopic (exact) mass is 1030 g/mol. The van der Waals surface area contributed by atoms with E-state index in [4.69, 9.17) is 20.6 Å². The third-order valence-electron chi connectivity index (χ3n) is 7.75. The molecule has 79 heavy (non-hydrogen) atoms. The maximum Gasteiger partial charge on any atom is 0.407 e. The zero-order chi connectivity index (χ0) is 58.0. The van der Waals surface area contributed by atoms with Crippen molar-refractivity contribution in [1.29, 1.82) is 0 Å². The zero-order valence-corrected chi connectivity index (χ0v) is 44.6. The molecule has 0 unspecified atom stereocenters. The largest absolute Gasteiger partial charge is 0.460 e. The third kappa shape index (κ3) is 50.9. The van der Waals surface area contributed by atoms with Crippen LogP contribution in [0.2, 0.25) is 0 Å². The Labute approximate surface area is 468 Å². The number of terminal acetylenes is 1. The molecule has 2 aromatic rings. The van der Waals surface area contributed by atoms with Crippen LogP contribution in [0.4, 0.5) is 9.59 Å². The summed E-state index contributed by atoms with van der Waals surface area (Å²) in [7, 11) is 0. The Hall–Kier alpha value is -11.8. The highest BCUT2D eigenvalue weighted by Crippen LogP contribution is 2.15. The van der Waals surface area contributed by atoms with Crippen LogP contribution in [-0.2, 0) is 37.0 Å². The Bertz CT molecular complexity index is 3590. The number of amides is 2. The maximum absolute atomic E-state index is 11.8. The topological polar surface area (TPSA) is 132 Å². The lowest BCUT2D eigenvalue weighted by Gasteiger charge is -2.27. The van der Waals surface area contributed by atoms with Gasteiger partial charge in [-0.1, -0.05) is 66.6 Å². The third-order valence-corrected chi connectivity index (χ3v) is 7.75. The number of nitrogens with one attached hydrogen (secondary N) is 3. The molecule has 0 aliphatic heterocycles. The Balaban J connectivity index is 0.00000126. The number of esters is 1. The SMILES string of the molecule is C#CC#CC#CC#CC#CC#CC#CC#CC#CC#CC#CC#CC#CC#CC#CC#CC#CC#CC.CC(C)(CCC(=O)OC(C)(C)C)NCCCNC(=O)OCc1ccccc1.O=CCCNC(=O)OCc1ccccc1. The van der Waals surface area contributed by atoms with Gasteiger partial charge in [0.05, 0.1) is 0 Å². The summed E-state index contributed by atoms with van der Waals surface area (Å²) in [6.45, 7) is 13.5. The van der Waals surface area contributed by atoms with Crippen molar-refractivity contribution in [1.82, 2.24) is 16.0 Å². The average molecular weight is 1030 g/mol. The summed E-state index contributed by atoms with van der Waals surface area (Å²) in [5.41, 5.74) is 1.27. The van der Waals surface area contributed by atoms with Gasteiger partial charge in [-0.05, 0) is 167 Å². The lowest BCUT2D eigenvalue weighted by Crippen LogP contribution is -2.41. The maximum atomic E-state index is 11.8. The van der Waals surface area contributed by atoms with E-state index in [1.54, 1.807) is 6.92 Å². The van der Waals surface area contributed by atoms with Crippen LogP contribution >= 0.6 is 0 Å². The van der Waals surface area contributed by atoms with Crippen LogP contribution in [0.5, 0.6) is 0 Å². The fourth-order valence-corrected chi connectivity index (χ4v) is 4.45.